The summed E-state index contributed by atoms with van der Waals surface area (Å²) in [6.45, 7) is 0. The molecule has 0 spiro atoms. The van der Waals surface area contributed by atoms with Crippen molar-refractivity contribution in [3.63, 3.8) is 0 Å². The van der Waals surface area contributed by atoms with E-state index in [1.54, 1.807) is 0 Å². The van der Waals surface area contributed by atoms with Crippen LogP contribution in [0.15, 0.2) is 0 Å². The van der Waals surface area contributed by atoms with Crippen molar-refractivity contribution < 1.29 is 14.4 Å². The van der Waals surface area contributed by atoms with E-state index in [4.69, 9.17) is 0 Å². The zero-order valence-electron chi connectivity index (χ0n) is 3.30. The third-order valence-electron chi connectivity index (χ3n) is 0.354. The molecule has 0 bridgehead atoms. The molecule has 0 heterocycles. The van der Waals surface area contributed by atoms with E-state index >= 15 is 0 Å². The van der Waals surface area contributed by atoms with Gasteiger partial charge in [-0.15, -0.1) is 0 Å². The molecule has 0 saturated carbocycles. The van der Waals surface area contributed by atoms with Crippen LogP contribution in [0.25, 0.3) is 0 Å². The molecule has 0 atom stereocenters. The van der Waals surface area contributed by atoms with Crippen molar-refractivity contribution in [3.8, 4) is 0 Å². The molecule has 3 radical (unpaired) electrons. The minimum atomic E-state index is -1.43. The van der Waals surface area contributed by atoms with E-state index in [0.717, 1.165) is 18.9 Å². The normalized spacial score (nSPS) is 8.14. The van der Waals surface area contributed by atoms with Gasteiger partial charge in [0.2, 0.25) is 18.9 Å². The molecule has 0 amide bonds. The summed E-state index contributed by atoms with van der Waals surface area (Å²) in [6.07, 6.45) is 3.31. The largest absolute Gasteiger partial charge is 0.289 e. The molecular formula is C4HO3. The van der Waals surface area contributed by atoms with Crippen molar-refractivity contribution in [2.75, 3.05) is 0 Å². The second-order valence-corrected chi connectivity index (χ2v) is 0.787. The summed E-state index contributed by atoms with van der Waals surface area (Å²) >= 11 is 0. The fourth-order valence-electron chi connectivity index (χ4n) is 0.0722. The van der Waals surface area contributed by atoms with E-state index in [0.29, 0.717) is 0 Å². The van der Waals surface area contributed by atoms with Crippen LogP contribution in [-0.4, -0.2) is 18.9 Å². The lowest BCUT2D eigenvalue weighted by Gasteiger charge is -1.72. The minimum Gasteiger partial charge on any atom is -0.289 e. The molecule has 0 unspecified atom stereocenters. The van der Waals surface area contributed by atoms with Crippen LogP contribution in [0, 0.1) is 5.92 Å². The molecule has 0 N–H and O–H groups in total. The van der Waals surface area contributed by atoms with Crippen LogP contribution in [0.4, 0.5) is 0 Å². The van der Waals surface area contributed by atoms with Crippen molar-refractivity contribution in [2.45, 2.75) is 0 Å². The third-order valence-corrected chi connectivity index (χ3v) is 0.354. The predicted molar refractivity (Wildman–Crippen MR) is 20.6 cm³/mol. The first-order valence-corrected chi connectivity index (χ1v) is 1.48. The lowest BCUT2D eigenvalue weighted by atomic mass is 10.2. The van der Waals surface area contributed by atoms with Crippen molar-refractivity contribution in [1.29, 1.82) is 0 Å². The molecule has 0 aliphatic carbocycles. The van der Waals surface area contributed by atoms with E-state index in [2.05, 4.69) is 0 Å². The topological polar surface area (TPSA) is 51.2 Å². The molecule has 0 aliphatic heterocycles. The fraction of sp³-hybridized carbons (Fsp3) is 0.250. The summed E-state index contributed by atoms with van der Waals surface area (Å²) in [5.74, 6) is -1.43. The highest BCUT2D eigenvalue weighted by Gasteiger charge is 2.04. The third kappa shape index (κ3) is 1.81. The lowest BCUT2D eigenvalue weighted by molar-refractivity contribution is 0.517. The standard InChI is InChI=1S/C4HO3/c5-1-4(2-6)3-7/h4H. The Labute approximate surface area is 40.3 Å². The first-order valence-electron chi connectivity index (χ1n) is 1.48. The molecule has 0 rings (SSSR count). The Balaban J connectivity index is 3.57. The van der Waals surface area contributed by atoms with Gasteiger partial charge in [0, 0.05) is 0 Å². The van der Waals surface area contributed by atoms with Gasteiger partial charge in [0.25, 0.3) is 0 Å². The summed E-state index contributed by atoms with van der Waals surface area (Å²) in [5.41, 5.74) is 0. The fourth-order valence-corrected chi connectivity index (χ4v) is 0.0722. The van der Waals surface area contributed by atoms with Gasteiger partial charge in [0.05, 0.1) is 0 Å². The Morgan fingerprint density at radius 2 is 1.14 bits per heavy atom. The maximum absolute atomic E-state index is 9.32. The second-order valence-electron chi connectivity index (χ2n) is 0.787. The monoisotopic (exact) mass is 97.0 g/mol. The summed E-state index contributed by atoms with van der Waals surface area (Å²) < 4.78 is 0. The lowest BCUT2D eigenvalue weighted by Crippen LogP contribution is -2.02. The van der Waals surface area contributed by atoms with Crippen molar-refractivity contribution >= 4 is 18.9 Å². The molecule has 35 valence electrons. The van der Waals surface area contributed by atoms with Crippen molar-refractivity contribution in [3.05, 3.63) is 0 Å². The van der Waals surface area contributed by atoms with Gasteiger partial charge in [-0.2, -0.15) is 0 Å². The Morgan fingerprint density at radius 3 is 1.14 bits per heavy atom. The van der Waals surface area contributed by atoms with Crippen LogP contribution in [0.2, 0.25) is 0 Å². The highest BCUT2D eigenvalue weighted by atomic mass is 16.1. The Morgan fingerprint density at radius 1 is 0.857 bits per heavy atom. The second kappa shape index (κ2) is 3.21. The quantitative estimate of drug-likeness (QED) is 0.421. The summed E-state index contributed by atoms with van der Waals surface area (Å²) in [6, 6.07) is 0. The van der Waals surface area contributed by atoms with Crippen molar-refractivity contribution in [1.82, 2.24) is 0 Å². The molecule has 0 aromatic carbocycles. The Kier molecular flexibility index (Phi) is 2.76. The van der Waals surface area contributed by atoms with Gasteiger partial charge >= 0.3 is 0 Å². The van der Waals surface area contributed by atoms with Gasteiger partial charge in [0.1, 0.15) is 0 Å². The number of hydrogen-bond donors (Lipinski definition) is 0. The van der Waals surface area contributed by atoms with E-state index in [9.17, 15) is 14.4 Å². The van der Waals surface area contributed by atoms with Gasteiger partial charge in [-0.1, -0.05) is 0 Å². The van der Waals surface area contributed by atoms with E-state index in [1.165, 1.54) is 0 Å². The molecule has 0 aliphatic rings. The van der Waals surface area contributed by atoms with E-state index in [-0.39, 0.29) is 0 Å². The van der Waals surface area contributed by atoms with Gasteiger partial charge in [-0.3, -0.25) is 14.4 Å². The zero-order valence-corrected chi connectivity index (χ0v) is 3.30. The van der Waals surface area contributed by atoms with Gasteiger partial charge in [0.15, 0.2) is 5.92 Å². The zero-order chi connectivity index (χ0) is 5.70. The van der Waals surface area contributed by atoms with Crippen LogP contribution in [0.5, 0.6) is 0 Å². The Hall–Kier alpha value is -0.990. The van der Waals surface area contributed by atoms with Gasteiger partial charge in [-0.25, -0.2) is 0 Å². The van der Waals surface area contributed by atoms with Crippen LogP contribution >= 0.6 is 0 Å². The highest BCUT2D eigenvalue weighted by Crippen LogP contribution is 1.73. The van der Waals surface area contributed by atoms with Gasteiger partial charge < -0.3 is 0 Å². The number of hydrogen-bond acceptors (Lipinski definition) is 3. The maximum atomic E-state index is 9.32. The summed E-state index contributed by atoms with van der Waals surface area (Å²) in [5, 5.41) is 0. The summed E-state index contributed by atoms with van der Waals surface area (Å²) in [7, 11) is 0. The number of carbonyl (C=O) groups excluding carboxylic acids is 3. The van der Waals surface area contributed by atoms with Crippen LogP contribution in [0.1, 0.15) is 0 Å². The molecule has 0 fully saturated rings. The SMILES string of the molecule is O=[C]C([C]=O)[C]=O. The van der Waals surface area contributed by atoms with Crippen LogP contribution in [-0.2, 0) is 14.4 Å². The molecule has 0 aromatic heterocycles. The molecule has 3 nitrogen and oxygen atoms in total. The van der Waals surface area contributed by atoms with Crippen LogP contribution < -0.4 is 0 Å². The molecular weight excluding hydrogens is 96.0 g/mol. The first-order chi connectivity index (χ1) is 3.35. The van der Waals surface area contributed by atoms with Crippen LogP contribution in [0.3, 0.4) is 0 Å². The summed E-state index contributed by atoms with van der Waals surface area (Å²) in [4.78, 5) is 28.0. The average Bonchev–Trinajstić information content (AvgIpc) is 1.72. The minimum absolute atomic E-state index is 1.10. The first kappa shape index (κ1) is 6.01. The predicted octanol–water partition coefficient (Wildman–Crippen LogP) is -1.07. The highest BCUT2D eigenvalue weighted by molar-refractivity contribution is 5.96. The smallest absolute Gasteiger partial charge is 0.218 e. The average molecular weight is 97.0 g/mol. The van der Waals surface area contributed by atoms with Crippen molar-refractivity contribution in [2.24, 2.45) is 5.92 Å². The maximum Gasteiger partial charge on any atom is 0.218 e. The Bertz CT molecular complexity index is 67.9. The van der Waals surface area contributed by atoms with E-state index in [1.807, 2.05) is 0 Å². The van der Waals surface area contributed by atoms with E-state index < -0.39 is 5.92 Å². The molecule has 7 heavy (non-hydrogen) atoms. The molecule has 3 heteroatoms. The molecule has 0 aromatic rings. The molecule has 0 saturated heterocycles. The van der Waals surface area contributed by atoms with Gasteiger partial charge in [-0.05, 0) is 0 Å². The number of rotatable bonds is 3.